The van der Waals surface area contributed by atoms with Crippen LogP contribution < -0.4 is 5.73 Å². The quantitative estimate of drug-likeness (QED) is 0.864. The Kier molecular flexibility index (Phi) is 5.44. The van der Waals surface area contributed by atoms with Gasteiger partial charge in [-0.1, -0.05) is 6.92 Å². The number of carbonyl (C=O) groups is 1. The minimum Gasteiger partial charge on any atom is -0.444 e. The van der Waals surface area contributed by atoms with Gasteiger partial charge < -0.3 is 20.1 Å². The third-order valence-electron chi connectivity index (χ3n) is 4.21. The van der Waals surface area contributed by atoms with Crippen LogP contribution in [0, 0.1) is 11.8 Å². The Hall–Kier alpha value is -0.810. The van der Waals surface area contributed by atoms with Crippen molar-refractivity contribution in [3.05, 3.63) is 0 Å². The number of carbonyl (C=O) groups excluding carboxylic acids is 1. The van der Waals surface area contributed by atoms with Gasteiger partial charge >= 0.3 is 6.09 Å². The lowest BCUT2D eigenvalue weighted by atomic mass is 9.75. The van der Waals surface area contributed by atoms with Gasteiger partial charge in [-0.2, -0.15) is 0 Å². The summed E-state index contributed by atoms with van der Waals surface area (Å²) in [5, 5.41) is 0. The lowest BCUT2D eigenvalue weighted by molar-refractivity contribution is -0.0773. The number of rotatable bonds is 3. The average Bonchev–Trinajstić information content (AvgIpc) is 2.35. The summed E-state index contributed by atoms with van der Waals surface area (Å²) < 4.78 is 11.0. The van der Waals surface area contributed by atoms with E-state index in [0.29, 0.717) is 31.5 Å². The summed E-state index contributed by atoms with van der Waals surface area (Å²) in [4.78, 5) is 13.9. The minimum atomic E-state index is -0.449. The van der Waals surface area contributed by atoms with Crippen molar-refractivity contribution in [2.75, 3.05) is 26.7 Å². The molecular formula is C15H30N2O3. The number of nitrogens with two attached hydrogens (primary N) is 1. The van der Waals surface area contributed by atoms with Crippen LogP contribution in [0.1, 0.15) is 41.0 Å². The van der Waals surface area contributed by atoms with E-state index in [2.05, 4.69) is 13.8 Å². The van der Waals surface area contributed by atoms with Gasteiger partial charge in [0.05, 0.1) is 5.60 Å². The normalized spacial score (nSPS) is 27.1. The molecule has 0 spiro atoms. The predicted octanol–water partition coefficient (Wildman–Crippen LogP) is 2.24. The fourth-order valence-electron chi connectivity index (χ4n) is 2.93. The number of nitrogens with zero attached hydrogens (tertiary/aromatic N) is 1. The van der Waals surface area contributed by atoms with Crippen molar-refractivity contribution in [1.82, 2.24) is 4.90 Å². The Morgan fingerprint density at radius 2 is 1.95 bits per heavy atom. The number of amides is 1. The molecule has 1 aliphatic rings. The molecule has 3 unspecified atom stereocenters. The second-order valence-corrected chi connectivity index (χ2v) is 7.02. The molecule has 0 bridgehead atoms. The van der Waals surface area contributed by atoms with Crippen LogP contribution in [0.3, 0.4) is 0 Å². The number of piperidine rings is 1. The highest BCUT2D eigenvalue weighted by Crippen LogP contribution is 2.34. The largest absolute Gasteiger partial charge is 0.444 e. The van der Waals surface area contributed by atoms with E-state index in [9.17, 15) is 4.79 Å². The fraction of sp³-hybridized carbons (Fsp3) is 0.933. The average molecular weight is 286 g/mol. The molecule has 1 heterocycles. The van der Waals surface area contributed by atoms with Gasteiger partial charge in [-0.25, -0.2) is 4.79 Å². The van der Waals surface area contributed by atoms with E-state index in [4.69, 9.17) is 15.2 Å². The molecule has 1 amide bonds. The third-order valence-corrected chi connectivity index (χ3v) is 4.21. The fourth-order valence-corrected chi connectivity index (χ4v) is 2.93. The molecule has 1 fully saturated rings. The molecule has 5 nitrogen and oxygen atoms in total. The van der Waals surface area contributed by atoms with Crippen LogP contribution in [-0.4, -0.2) is 48.9 Å². The van der Waals surface area contributed by atoms with Crippen molar-refractivity contribution in [3.8, 4) is 0 Å². The topological polar surface area (TPSA) is 64.8 Å². The lowest BCUT2D eigenvalue weighted by Crippen LogP contribution is -2.54. The number of ether oxygens (including phenoxy) is 2. The molecule has 0 aliphatic carbocycles. The molecule has 1 rings (SSSR count). The molecule has 0 radical (unpaired) electrons. The highest BCUT2D eigenvalue weighted by molar-refractivity contribution is 5.68. The van der Waals surface area contributed by atoms with Crippen molar-refractivity contribution in [2.24, 2.45) is 17.6 Å². The molecule has 2 N–H and O–H groups in total. The van der Waals surface area contributed by atoms with Crippen LogP contribution in [0.15, 0.2) is 0 Å². The predicted molar refractivity (Wildman–Crippen MR) is 79.5 cm³/mol. The zero-order valence-corrected chi connectivity index (χ0v) is 13.7. The Morgan fingerprint density at radius 1 is 1.35 bits per heavy atom. The Bertz CT molecular complexity index is 335. The highest BCUT2D eigenvalue weighted by Gasteiger charge is 2.41. The van der Waals surface area contributed by atoms with Crippen molar-refractivity contribution >= 4 is 6.09 Å². The summed E-state index contributed by atoms with van der Waals surface area (Å²) in [5.74, 6) is 0.695. The zero-order valence-electron chi connectivity index (χ0n) is 13.7. The van der Waals surface area contributed by atoms with Crippen molar-refractivity contribution in [1.29, 1.82) is 0 Å². The van der Waals surface area contributed by atoms with E-state index in [0.717, 1.165) is 6.42 Å². The number of hydrogen-bond acceptors (Lipinski definition) is 4. The summed E-state index contributed by atoms with van der Waals surface area (Å²) in [7, 11) is 1.71. The van der Waals surface area contributed by atoms with Gasteiger partial charge in [0.2, 0.25) is 0 Å². The highest BCUT2D eigenvalue weighted by atomic mass is 16.6. The van der Waals surface area contributed by atoms with Gasteiger partial charge in [0.15, 0.2) is 0 Å². The zero-order chi connectivity index (χ0) is 15.6. The van der Waals surface area contributed by atoms with Gasteiger partial charge in [0.25, 0.3) is 0 Å². The number of hydrogen-bond donors (Lipinski definition) is 1. The minimum absolute atomic E-state index is 0.227. The van der Waals surface area contributed by atoms with Crippen LogP contribution in [0.4, 0.5) is 4.79 Å². The van der Waals surface area contributed by atoms with Crippen LogP contribution in [0.2, 0.25) is 0 Å². The van der Waals surface area contributed by atoms with E-state index in [1.807, 2.05) is 20.8 Å². The third kappa shape index (κ3) is 4.09. The number of methoxy groups -OCH3 is 1. The van der Waals surface area contributed by atoms with Crippen molar-refractivity contribution in [3.63, 3.8) is 0 Å². The first-order valence-electron chi connectivity index (χ1n) is 7.36. The molecule has 3 atom stereocenters. The Labute approximate surface area is 122 Å². The first-order chi connectivity index (χ1) is 9.13. The summed E-state index contributed by atoms with van der Waals surface area (Å²) in [6, 6.07) is 0. The van der Waals surface area contributed by atoms with Crippen LogP contribution >= 0.6 is 0 Å². The van der Waals surface area contributed by atoms with Crippen LogP contribution in [-0.2, 0) is 9.47 Å². The molecule has 1 saturated heterocycles. The molecule has 0 aromatic rings. The first-order valence-corrected chi connectivity index (χ1v) is 7.36. The second-order valence-electron chi connectivity index (χ2n) is 7.02. The van der Waals surface area contributed by atoms with Crippen molar-refractivity contribution < 1.29 is 14.3 Å². The van der Waals surface area contributed by atoms with E-state index >= 15 is 0 Å². The molecule has 20 heavy (non-hydrogen) atoms. The monoisotopic (exact) mass is 286 g/mol. The molecule has 118 valence electrons. The molecule has 1 aliphatic heterocycles. The molecule has 0 aromatic carbocycles. The van der Waals surface area contributed by atoms with Gasteiger partial charge in [-0.15, -0.1) is 0 Å². The van der Waals surface area contributed by atoms with Gasteiger partial charge in [0, 0.05) is 26.7 Å². The molecule has 0 saturated carbocycles. The van der Waals surface area contributed by atoms with Crippen molar-refractivity contribution in [2.45, 2.75) is 52.2 Å². The number of likely N-dealkylation sites (tertiary alicyclic amines) is 1. The summed E-state index contributed by atoms with van der Waals surface area (Å²) in [5.41, 5.74) is 5.09. The van der Waals surface area contributed by atoms with E-state index in [1.54, 1.807) is 12.0 Å². The van der Waals surface area contributed by atoms with E-state index < -0.39 is 5.60 Å². The van der Waals surface area contributed by atoms with Crippen LogP contribution in [0.25, 0.3) is 0 Å². The Morgan fingerprint density at radius 3 is 2.35 bits per heavy atom. The maximum atomic E-state index is 12.1. The lowest BCUT2D eigenvalue weighted by Gasteiger charge is -2.45. The van der Waals surface area contributed by atoms with Gasteiger partial charge in [-0.3, -0.25) is 0 Å². The van der Waals surface area contributed by atoms with Gasteiger partial charge in [0.1, 0.15) is 5.60 Å². The summed E-state index contributed by atoms with van der Waals surface area (Å²) >= 11 is 0. The maximum absolute atomic E-state index is 12.1. The molecule has 5 heteroatoms. The first kappa shape index (κ1) is 17.2. The second kappa shape index (κ2) is 6.31. The molecule has 0 aromatic heterocycles. The SMILES string of the molecule is COC(C)(CN)C1CCN(C(=O)OC(C)(C)C)CC1C. The standard InChI is InChI=1S/C15H30N2O3/c1-11-9-17(13(18)20-14(2,3)4)8-7-12(11)15(5,10-16)19-6/h11-12H,7-10,16H2,1-6H3. The van der Waals surface area contributed by atoms with Gasteiger partial charge in [-0.05, 0) is 46.0 Å². The molecular weight excluding hydrogens is 256 g/mol. The van der Waals surface area contributed by atoms with E-state index in [1.165, 1.54) is 0 Å². The maximum Gasteiger partial charge on any atom is 0.410 e. The summed E-state index contributed by atoms with van der Waals surface area (Å²) in [6.45, 7) is 11.7. The van der Waals surface area contributed by atoms with E-state index in [-0.39, 0.29) is 11.7 Å². The summed E-state index contributed by atoms with van der Waals surface area (Å²) in [6.07, 6.45) is 0.664. The Balaban J connectivity index is 2.66. The smallest absolute Gasteiger partial charge is 0.410 e. The van der Waals surface area contributed by atoms with Crippen LogP contribution in [0.5, 0.6) is 0 Å².